The summed E-state index contributed by atoms with van der Waals surface area (Å²) < 4.78 is 44.1. The number of benzene rings is 2. The fourth-order valence-electron chi connectivity index (χ4n) is 6.87. The van der Waals surface area contributed by atoms with Gasteiger partial charge in [0.15, 0.2) is 0 Å². The first-order chi connectivity index (χ1) is 19.3. The third kappa shape index (κ3) is 4.26. The van der Waals surface area contributed by atoms with Crippen molar-refractivity contribution in [2.75, 3.05) is 19.6 Å². The van der Waals surface area contributed by atoms with Gasteiger partial charge in [-0.1, -0.05) is 20.8 Å². The summed E-state index contributed by atoms with van der Waals surface area (Å²) in [6.45, 7) is 9.05. The molecule has 0 unspecified atom stereocenters. The lowest BCUT2D eigenvalue weighted by Crippen LogP contribution is -2.63. The van der Waals surface area contributed by atoms with Crippen molar-refractivity contribution in [2.45, 2.75) is 44.6 Å². The number of sulfonamides is 1. The van der Waals surface area contributed by atoms with Gasteiger partial charge in [0, 0.05) is 37.5 Å². The van der Waals surface area contributed by atoms with E-state index < -0.39 is 20.9 Å². The average molecular weight is 580 g/mol. The molecule has 0 spiro atoms. The number of nitrogens with one attached hydrogen (secondary N) is 1. The maximum absolute atomic E-state index is 13.7. The summed E-state index contributed by atoms with van der Waals surface area (Å²) in [4.78, 5) is 14.8. The van der Waals surface area contributed by atoms with Crippen LogP contribution in [-0.4, -0.2) is 63.0 Å². The molecule has 2 fully saturated rings. The maximum atomic E-state index is 13.7. The molecule has 3 atom stereocenters. The van der Waals surface area contributed by atoms with Crippen molar-refractivity contribution in [3.63, 3.8) is 0 Å². The van der Waals surface area contributed by atoms with Crippen LogP contribution in [0.2, 0.25) is 0 Å². The summed E-state index contributed by atoms with van der Waals surface area (Å²) in [6.07, 6.45) is 3.54. The molecule has 0 bridgehead atoms. The number of nitrogens with zero attached hydrogens (tertiary/aromatic N) is 6. The first-order valence-corrected chi connectivity index (χ1v) is 15.2. The fourth-order valence-corrected chi connectivity index (χ4v) is 8.29. The minimum absolute atomic E-state index is 0.0477. The molecule has 2 aromatic carbocycles. The van der Waals surface area contributed by atoms with E-state index in [1.165, 1.54) is 27.4 Å². The number of halogens is 1. The summed E-state index contributed by atoms with van der Waals surface area (Å²) in [7, 11) is -2.34. The van der Waals surface area contributed by atoms with Crippen molar-refractivity contribution < 1.29 is 17.6 Å². The molecule has 1 amide bonds. The molecule has 216 valence electrons. The number of carbonyl (C=O) groups excluding carboxylic acids is 1. The highest BCUT2D eigenvalue weighted by atomic mass is 32.2. The second-order valence-electron chi connectivity index (χ2n) is 12.1. The topological polar surface area (TPSA) is 115 Å². The molecule has 10 nitrogen and oxygen atoms in total. The number of amides is 1. The molecule has 1 saturated heterocycles. The maximum Gasteiger partial charge on any atom is 0.264 e. The Kier molecular flexibility index (Phi) is 6.34. The molecule has 41 heavy (non-hydrogen) atoms. The van der Waals surface area contributed by atoms with Gasteiger partial charge in [-0.15, -0.1) is 5.10 Å². The van der Waals surface area contributed by atoms with E-state index in [0.717, 1.165) is 27.7 Å². The monoisotopic (exact) mass is 579 g/mol. The van der Waals surface area contributed by atoms with Crippen molar-refractivity contribution in [1.29, 1.82) is 0 Å². The lowest BCUT2D eigenvalue weighted by molar-refractivity contribution is -0.146. The van der Waals surface area contributed by atoms with Gasteiger partial charge in [0.2, 0.25) is 10.9 Å². The van der Waals surface area contributed by atoms with Crippen LogP contribution in [0, 0.1) is 30.0 Å². The molecule has 1 aliphatic carbocycles. The van der Waals surface area contributed by atoms with Crippen LogP contribution in [0.5, 0.6) is 0 Å². The Morgan fingerprint density at radius 1 is 1.17 bits per heavy atom. The highest BCUT2D eigenvalue weighted by molar-refractivity contribution is 7.89. The van der Waals surface area contributed by atoms with Gasteiger partial charge < -0.3 is 5.32 Å². The van der Waals surface area contributed by atoms with Crippen LogP contribution in [0.1, 0.15) is 38.3 Å². The Labute approximate surface area is 238 Å². The predicted molar refractivity (Wildman–Crippen MR) is 151 cm³/mol. The Bertz CT molecular complexity index is 1760. The number of aryl methyl sites for hydroxylation is 2. The van der Waals surface area contributed by atoms with Crippen LogP contribution in [0.4, 0.5) is 4.39 Å². The normalized spacial score (nSPS) is 24.5. The fraction of sp³-hybridized carbons (Fsp3) is 0.448. The van der Waals surface area contributed by atoms with Crippen LogP contribution in [-0.2, 0) is 27.3 Å². The SMILES string of the molecule is Cc1cc2c(cnn2-c2ccc(F)cc2)cc1[C@@]12CN(S(=O)(=O)c3cnn(C)n3)C[C@@H]1[C@](C)(C(=O)NCC(C)C)C2. The molecule has 2 aromatic heterocycles. The lowest BCUT2D eigenvalue weighted by Gasteiger charge is -2.57. The standard InChI is InChI=1S/C29H34FN7O3S/c1-18(2)12-31-27(38)28(4)16-29(17-36(15-25(28)29)41(39,40)26-14-32-35(5)34-26)23-11-20-13-33-37(24(20)10-19(23)3)22-8-6-21(30)7-9-22/h6-11,13-14,18,25H,12,15-17H2,1-5H3,(H,31,38)/t25-,28-,29-/m1/s1. The zero-order valence-corrected chi connectivity index (χ0v) is 24.6. The van der Waals surface area contributed by atoms with Crippen LogP contribution in [0.15, 0.2) is 53.8 Å². The zero-order chi connectivity index (χ0) is 29.3. The van der Waals surface area contributed by atoms with Gasteiger partial charge in [0.1, 0.15) is 5.82 Å². The molecular formula is C29H34FN7O3S. The third-order valence-electron chi connectivity index (χ3n) is 8.86. The molecule has 12 heteroatoms. The van der Waals surface area contributed by atoms with E-state index in [2.05, 4.69) is 26.7 Å². The summed E-state index contributed by atoms with van der Waals surface area (Å²) >= 11 is 0. The number of rotatable bonds is 7. The Morgan fingerprint density at radius 3 is 2.56 bits per heavy atom. The van der Waals surface area contributed by atoms with E-state index in [-0.39, 0.29) is 35.8 Å². The lowest BCUT2D eigenvalue weighted by atomic mass is 9.44. The average Bonchev–Trinajstić information content (AvgIpc) is 3.63. The molecule has 0 radical (unpaired) electrons. The summed E-state index contributed by atoms with van der Waals surface area (Å²) in [5.74, 6) is -0.307. The van der Waals surface area contributed by atoms with E-state index in [1.54, 1.807) is 30.1 Å². The van der Waals surface area contributed by atoms with E-state index >= 15 is 0 Å². The van der Waals surface area contributed by atoms with Gasteiger partial charge in [0.25, 0.3) is 10.0 Å². The highest BCUT2D eigenvalue weighted by Gasteiger charge is 2.69. The van der Waals surface area contributed by atoms with E-state index in [0.29, 0.717) is 18.9 Å². The number of hydrogen-bond donors (Lipinski definition) is 1. The summed E-state index contributed by atoms with van der Waals surface area (Å²) in [5, 5.41) is 16.5. The Hall–Kier alpha value is -3.64. The molecule has 1 saturated carbocycles. The Morgan fingerprint density at radius 2 is 1.90 bits per heavy atom. The van der Waals surface area contributed by atoms with E-state index in [1.807, 2.05) is 33.8 Å². The quantitative estimate of drug-likeness (QED) is 0.359. The molecular weight excluding hydrogens is 545 g/mol. The molecule has 6 rings (SSSR count). The van der Waals surface area contributed by atoms with Crippen LogP contribution in [0.3, 0.4) is 0 Å². The number of fused-ring (bicyclic) bond motifs is 2. The first-order valence-electron chi connectivity index (χ1n) is 13.7. The van der Waals surface area contributed by atoms with Gasteiger partial charge in [-0.3, -0.25) is 4.79 Å². The van der Waals surface area contributed by atoms with Gasteiger partial charge in [-0.25, -0.2) is 17.5 Å². The van der Waals surface area contributed by atoms with Crippen molar-refractivity contribution in [1.82, 2.24) is 34.4 Å². The van der Waals surface area contributed by atoms with Gasteiger partial charge in [0.05, 0.1) is 29.0 Å². The molecule has 1 N–H and O–H groups in total. The molecule has 3 heterocycles. The van der Waals surface area contributed by atoms with Crippen molar-refractivity contribution >= 4 is 26.8 Å². The van der Waals surface area contributed by atoms with E-state index in [9.17, 15) is 17.6 Å². The first kappa shape index (κ1) is 27.5. The van der Waals surface area contributed by atoms with Gasteiger partial charge in [-0.2, -0.15) is 19.3 Å². The predicted octanol–water partition coefficient (Wildman–Crippen LogP) is 3.34. The molecule has 4 aromatic rings. The highest BCUT2D eigenvalue weighted by Crippen LogP contribution is 2.65. The second-order valence-corrected chi connectivity index (χ2v) is 14.0. The van der Waals surface area contributed by atoms with Crippen LogP contribution >= 0.6 is 0 Å². The third-order valence-corrected chi connectivity index (χ3v) is 10.5. The second kappa shape index (κ2) is 9.45. The van der Waals surface area contributed by atoms with Crippen LogP contribution in [0.25, 0.3) is 16.6 Å². The smallest absolute Gasteiger partial charge is 0.264 e. The number of aromatic nitrogens is 5. The Balaban J connectivity index is 1.42. The zero-order valence-electron chi connectivity index (χ0n) is 23.8. The van der Waals surface area contributed by atoms with Crippen molar-refractivity contribution in [3.05, 3.63) is 65.7 Å². The minimum atomic E-state index is -3.92. The van der Waals surface area contributed by atoms with Gasteiger partial charge in [-0.05, 0) is 72.7 Å². The largest absolute Gasteiger partial charge is 0.355 e. The summed E-state index contributed by atoms with van der Waals surface area (Å²) in [6, 6.07) is 10.3. The van der Waals surface area contributed by atoms with Crippen molar-refractivity contribution in [2.24, 2.45) is 24.3 Å². The number of carbonyl (C=O) groups is 1. The van der Waals surface area contributed by atoms with Crippen LogP contribution < -0.4 is 5.32 Å². The van der Waals surface area contributed by atoms with Gasteiger partial charge >= 0.3 is 0 Å². The summed E-state index contributed by atoms with van der Waals surface area (Å²) in [5.41, 5.74) is 2.31. The van der Waals surface area contributed by atoms with Crippen molar-refractivity contribution in [3.8, 4) is 5.69 Å². The molecule has 2 aliphatic rings. The molecule has 1 aliphatic heterocycles. The minimum Gasteiger partial charge on any atom is -0.355 e. The number of hydrogen-bond acceptors (Lipinski definition) is 6. The van der Waals surface area contributed by atoms with E-state index in [4.69, 9.17) is 0 Å².